The predicted molar refractivity (Wildman–Crippen MR) is 63.1 cm³/mol. The Balaban J connectivity index is 2.22. The minimum Gasteiger partial charge on any atom is -0.337 e. The van der Waals surface area contributed by atoms with Crippen molar-refractivity contribution in [3.05, 3.63) is 35.9 Å². The zero-order valence-corrected chi connectivity index (χ0v) is 9.90. The Morgan fingerprint density at radius 3 is 2.41 bits per heavy atom. The number of carbonyl (C=O) groups excluding carboxylic acids is 1. The molecular formula is C10H14N2O4S. The van der Waals surface area contributed by atoms with Crippen LogP contribution in [0.25, 0.3) is 0 Å². The van der Waals surface area contributed by atoms with Gasteiger partial charge in [0, 0.05) is 13.1 Å². The Bertz CT molecular complexity index is 458. The second-order valence-electron chi connectivity index (χ2n) is 3.38. The van der Waals surface area contributed by atoms with Crippen molar-refractivity contribution in [3.8, 4) is 0 Å². The van der Waals surface area contributed by atoms with Gasteiger partial charge in [0.1, 0.15) is 0 Å². The molecule has 2 amide bonds. The van der Waals surface area contributed by atoms with E-state index in [1.807, 2.05) is 30.3 Å². The van der Waals surface area contributed by atoms with E-state index in [0.717, 1.165) is 5.56 Å². The van der Waals surface area contributed by atoms with Gasteiger partial charge in [0.05, 0.1) is 5.75 Å². The number of hydrogen-bond acceptors (Lipinski definition) is 3. The molecule has 0 spiro atoms. The van der Waals surface area contributed by atoms with Crippen molar-refractivity contribution in [1.82, 2.24) is 10.6 Å². The van der Waals surface area contributed by atoms with Crippen LogP contribution in [0.1, 0.15) is 5.56 Å². The summed E-state index contributed by atoms with van der Waals surface area (Å²) in [5.41, 5.74) is 0.942. The smallest absolute Gasteiger partial charge is 0.315 e. The first-order valence-electron chi connectivity index (χ1n) is 4.98. The van der Waals surface area contributed by atoms with Gasteiger partial charge in [-0.3, -0.25) is 4.55 Å². The summed E-state index contributed by atoms with van der Waals surface area (Å²) in [5.74, 6) is -0.494. The lowest BCUT2D eigenvalue weighted by atomic mass is 10.2. The molecule has 1 aromatic rings. The Morgan fingerprint density at radius 1 is 1.18 bits per heavy atom. The molecule has 94 valence electrons. The number of nitrogens with one attached hydrogen (secondary N) is 2. The monoisotopic (exact) mass is 258 g/mol. The summed E-state index contributed by atoms with van der Waals surface area (Å²) in [6.45, 7) is 0.234. The van der Waals surface area contributed by atoms with Crippen molar-refractivity contribution in [3.63, 3.8) is 0 Å². The zero-order valence-electron chi connectivity index (χ0n) is 9.09. The van der Waals surface area contributed by atoms with Crippen LogP contribution < -0.4 is 10.6 Å². The minimum absolute atomic E-state index is 0.126. The molecule has 0 aliphatic heterocycles. The number of urea groups is 1. The molecular weight excluding hydrogens is 244 g/mol. The number of rotatable bonds is 5. The van der Waals surface area contributed by atoms with Gasteiger partial charge in [-0.05, 0) is 5.56 Å². The van der Waals surface area contributed by atoms with E-state index in [9.17, 15) is 13.2 Å². The lowest BCUT2D eigenvalue weighted by Gasteiger charge is -2.06. The van der Waals surface area contributed by atoms with Crippen molar-refractivity contribution in [2.24, 2.45) is 0 Å². The number of hydrogen-bond donors (Lipinski definition) is 3. The lowest BCUT2D eigenvalue weighted by Crippen LogP contribution is -2.37. The number of carbonyl (C=O) groups is 1. The van der Waals surface area contributed by atoms with E-state index in [2.05, 4.69) is 10.6 Å². The largest absolute Gasteiger partial charge is 0.337 e. The fourth-order valence-electron chi connectivity index (χ4n) is 1.13. The summed E-state index contributed by atoms with van der Waals surface area (Å²) >= 11 is 0. The molecule has 0 atom stereocenters. The molecule has 0 unspecified atom stereocenters. The van der Waals surface area contributed by atoms with Gasteiger partial charge in [-0.25, -0.2) is 4.79 Å². The molecule has 1 aromatic carbocycles. The average Bonchev–Trinajstić information content (AvgIpc) is 2.26. The van der Waals surface area contributed by atoms with Crippen molar-refractivity contribution >= 4 is 16.1 Å². The normalized spacial score (nSPS) is 10.9. The highest BCUT2D eigenvalue weighted by Crippen LogP contribution is 1.96. The molecule has 0 aromatic heterocycles. The van der Waals surface area contributed by atoms with E-state index in [1.54, 1.807) is 0 Å². The lowest BCUT2D eigenvalue weighted by molar-refractivity contribution is 0.241. The van der Waals surface area contributed by atoms with E-state index in [1.165, 1.54) is 0 Å². The standard InChI is InChI=1S/C10H14N2O4S/c13-10(11-6-7-17(14,15)16)12-8-9-4-2-1-3-5-9/h1-5H,6-8H2,(H2,11,12,13)(H,14,15,16). The van der Waals surface area contributed by atoms with Gasteiger partial charge < -0.3 is 10.6 Å². The van der Waals surface area contributed by atoms with Gasteiger partial charge in [0.25, 0.3) is 10.1 Å². The zero-order chi connectivity index (χ0) is 12.7. The number of benzene rings is 1. The summed E-state index contributed by atoms with van der Waals surface area (Å²) in [6.07, 6.45) is 0. The van der Waals surface area contributed by atoms with Crippen LogP contribution in [0, 0.1) is 0 Å². The highest BCUT2D eigenvalue weighted by Gasteiger charge is 2.05. The Hall–Kier alpha value is -1.60. The van der Waals surface area contributed by atoms with E-state index in [0.29, 0.717) is 6.54 Å². The second kappa shape index (κ2) is 6.21. The Kier molecular flexibility index (Phi) is 4.92. The maximum absolute atomic E-state index is 11.2. The van der Waals surface area contributed by atoms with Crippen molar-refractivity contribution in [1.29, 1.82) is 0 Å². The van der Waals surface area contributed by atoms with Crippen molar-refractivity contribution in [2.45, 2.75) is 6.54 Å². The summed E-state index contributed by atoms with van der Waals surface area (Å²) in [5, 5.41) is 4.88. The maximum atomic E-state index is 11.2. The molecule has 7 heteroatoms. The van der Waals surface area contributed by atoms with Crippen LogP contribution in [0.15, 0.2) is 30.3 Å². The molecule has 0 aliphatic carbocycles. The van der Waals surface area contributed by atoms with Crippen LogP contribution in [0.2, 0.25) is 0 Å². The Morgan fingerprint density at radius 2 is 1.82 bits per heavy atom. The molecule has 17 heavy (non-hydrogen) atoms. The topological polar surface area (TPSA) is 95.5 Å². The van der Waals surface area contributed by atoms with Gasteiger partial charge in [-0.15, -0.1) is 0 Å². The maximum Gasteiger partial charge on any atom is 0.315 e. The molecule has 0 bridgehead atoms. The van der Waals surface area contributed by atoms with Crippen LogP contribution in [-0.4, -0.2) is 31.3 Å². The van der Waals surface area contributed by atoms with Crippen LogP contribution in [-0.2, 0) is 16.7 Å². The summed E-state index contributed by atoms with van der Waals surface area (Å²) < 4.78 is 29.2. The average molecular weight is 258 g/mol. The number of amides is 2. The van der Waals surface area contributed by atoms with E-state index in [4.69, 9.17) is 4.55 Å². The van der Waals surface area contributed by atoms with Gasteiger partial charge in [0.15, 0.2) is 0 Å². The molecule has 0 aliphatic rings. The first kappa shape index (κ1) is 13.5. The molecule has 6 nitrogen and oxygen atoms in total. The van der Waals surface area contributed by atoms with Crippen LogP contribution in [0.5, 0.6) is 0 Å². The highest BCUT2D eigenvalue weighted by molar-refractivity contribution is 7.85. The fourth-order valence-corrected chi connectivity index (χ4v) is 1.49. The molecule has 0 radical (unpaired) electrons. The summed E-state index contributed by atoms with van der Waals surface area (Å²) in [7, 11) is -4.03. The minimum atomic E-state index is -4.03. The van der Waals surface area contributed by atoms with E-state index < -0.39 is 21.9 Å². The van der Waals surface area contributed by atoms with Gasteiger partial charge in [0.2, 0.25) is 0 Å². The van der Waals surface area contributed by atoms with Crippen LogP contribution in [0.3, 0.4) is 0 Å². The van der Waals surface area contributed by atoms with Gasteiger partial charge in [-0.2, -0.15) is 8.42 Å². The van der Waals surface area contributed by atoms with E-state index >= 15 is 0 Å². The van der Waals surface area contributed by atoms with Crippen LogP contribution >= 0.6 is 0 Å². The Labute approximate surface area is 99.8 Å². The SMILES string of the molecule is O=C(NCCS(=O)(=O)O)NCc1ccccc1. The third kappa shape index (κ3) is 6.54. The quantitative estimate of drug-likeness (QED) is 0.665. The highest BCUT2D eigenvalue weighted by atomic mass is 32.2. The molecule has 1 rings (SSSR count). The fraction of sp³-hybridized carbons (Fsp3) is 0.300. The van der Waals surface area contributed by atoms with Crippen LogP contribution in [0.4, 0.5) is 4.79 Å². The van der Waals surface area contributed by atoms with Gasteiger partial charge in [-0.1, -0.05) is 30.3 Å². The summed E-state index contributed by atoms with van der Waals surface area (Å²) in [6, 6.07) is 8.82. The second-order valence-corrected chi connectivity index (χ2v) is 4.95. The molecule has 3 N–H and O–H groups in total. The van der Waals surface area contributed by atoms with E-state index in [-0.39, 0.29) is 6.54 Å². The first-order chi connectivity index (χ1) is 7.97. The molecule has 0 heterocycles. The third-order valence-corrected chi connectivity index (χ3v) is 2.66. The first-order valence-corrected chi connectivity index (χ1v) is 6.59. The molecule has 0 saturated carbocycles. The molecule has 0 saturated heterocycles. The summed E-state index contributed by atoms with van der Waals surface area (Å²) in [4.78, 5) is 11.2. The van der Waals surface area contributed by atoms with Gasteiger partial charge >= 0.3 is 6.03 Å². The molecule has 0 fully saturated rings. The predicted octanol–water partition coefficient (Wildman–Crippen LogP) is 0.374. The van der Waals surface area contributed by atoms with Crippen molar-refractivity contribution < 1.29 is 17.8 Å². The third-order valence-electron chi connectivity index (χ3n) is 1.94. The van der Waals surface area contributed by atoms with Crippen molar-refractivity contribution in [2.75, 3.05) is 12.3 Å².